The van der Waals surface area contributed by atoms with E-state index in [1.165, 1.54) is 12.1 Å². The van der Waals surface area contributed by atoms with Gasteiger partial charge in [0.2, 0.25) is 0 Å². The number of halogens is 1. The highest BCUT2D eigenvalue weighted by Crippen LogP contribution is 2.25. The average Bonchev–Trinajstić information content (AvgIpc) is 2.29. The molecular formula is C10H10ClNO6S. The Balaban J connectivity index is 3.20. The fourth-order valence-electron chi connectivity index (χ4n) is 1.32. The molecule has 0 radical (unpaired) electrons. The number of nitro groups is 1. The molecule has 0 spiro atoms. The second-order valence-electron chi connectivity index (χ2n) is 3.82. The molecule has 1 rings (SSSR count). The summed E-state index contributed by atoms with van der Waals surface area (Å²) in [5.41, 5.74) is -0.545. The molecule has 1 N–H and O–H groups in total. The highest BCUT2D eigenvalue weighted by molar-refractivity contribution is 7.92. The highest BCUT2D eigenvalue weighted by atomic mass is 35.5. The number of sulfone groups is 1. The Hall–Kier alpha value is -1.67. The minimum atomic E-state index is -4.03. The van der Waals surface area contributed by atoms with E-state index >= 15 is 0 Å². The van der Waals surface area contributed by atoms with Crippen molar-refractivity contribution in [2.24, 2.45) is 0 Å². The smallest absolute Gasteiger partial charge is 0.321 e. The molecule has 1 unspecified atom stereocenters. The van der Waals surface area contributed by atoms with Crippen LogP contribution in [0, 0.1) is 10.1 Å². The molecule has 0 bridgehead atoms. The molecule has 1 aromatic rings. The number of carbonyl (C=O) groups is 1. The van der Waals surface area contributed by atoms with Crippen LogP contribution in [-0.4, -0.2) is 29.7 Å². The summed E-state index contributed by atoms with van der Waals surface area (Å²) in [4.78, 5) is 20.7. The molecule has 0 aliphatic heterocycles. The first-order valence-corrected chi connectivity index (χ1v) is 7.11. The number of carboxylic acid groups (broad SMARTS) is 1. The van der Waals surface area contributed by atoms with E-state index in [0.29, 0.717) is 0 Å². The van der Waals surface area contributed by atoms with E-state index in [2.05, 4.69) is 0 Å². The summed E-state index contributed by atoms with van der Waals surface area (Å²) in [5, 5.41) is 17.9. The molecule has 19 heavy (non-hydrogen) atoms. The van der Waals surface area contributed by atoms with E-state index in [0.717, 1.165) is 13.0 Å². The van der Waals surface area contributed by atoms with Crippen LogP contribution in [0.25, 0.3) is 0 Å². The van der Waals surface area contributed by atoms with Crippen LogP contribution >= 0.6 is 11.6 Å². The van der Waals surface area contributed by atoms with Gasteiger partial charge in [-0.1, -0.05) is 11.6 Å². The summed E-state index contributed by atoms with van der Waals surface area (Å²) in [7, 11) is -4.03. The van der Waals surface area contributed by atoms with Gasteiger partial charge < -0.3 is 5.11 Å². The summed E-state index contributed by atoms with van der Waals surface area (Å²) in [6.45, 7) is 1.01. The molecule has 9 heteroatoms. The molecule has 0 aliphatic rings. The van der Waals surface area contributed by atoms with Crippen molar-refractivity contribution in [3.05, 3.63) is 38.9 Å². The normalized spacial score (nSPS) is 12.9. The third kappa shape index (κ3) is 3.65. The van der Waals surface area contributed by atoms with Gasteiger partial charge in [0, 0.05) is 16.7 Å². The lowest BCUT2D eigenvalue weighted by Gasteiger charge is -2.09. The Morgan fingerprint density at radius 2 is 2.11 bits per heavy atom. The summed E-state index contributed by atoms with van der Waals surface area (Å²) in [6.07, 6.45) is 0. The Morgan fingerprint density at radius 3 is 2.58 bits per heavy atom. The quantitative estimate of drug-likeness (QED) is 0.653. The standard InChI is InChI=1S/C10H10ClNO6S/c1-6(10(13)14)19(17,18)5-7-2-3-8(11)4-9(7)12(15)16/h2-4,6H,5H2,1H3,(H,13,14). The number of hydrogen-bond acceptors (Lipinski definition) is 5. The molecule has 0 aliphatic carbocycles. The fraction of sp³-hybridized carbons (Fsp3) is 0.300. The zero-order valence-corrected chi connectivity index (χ0v) is 11.3. The molecular weight excluding hydrogens is 298 g/mol. The van der Waals surface area contributed by atoms with Gasteiger partial charge in [-0.15, -0.1) is 0 Å². The van der Waals surface area contributed by atoms with E-state index in [1.54, 1.807) is 0 Å². The molecule has 0 aromatic heterocycles. The van der Waals surface area contributed by atoms with Crippen molar-refractivity contribution in [3.8, 4) is 0 Å². The van der Waals surface area contributed by atoms with E-state index in [-0.39, 0.29) is 10.6 Å². The zero-order valence-electron chi connectivity index (χ0n) is 9.74. The Kier molecular flexibility index (Phi) is 4.48. The van der Waals surface area contributed by atoms with Gasteiger partial charge in [0.15, 0.2) is 15.1 Å². The number of carboxylic acids is 1. The van der Waals surface area contributed by atoms with Crippen molar-refractivity contribution in [2.45, 2.75) is 17.9 Å². The monoisotopic (exact) mass is 307 g/mol. The zero-order chi connectivity index (χ0) is 14.8. The van der Waals surface area contributed by atoms with Gasteiger partial charge in [-0.25, -0.2) is 8.42 Å². The lowest BCUT2D eigenvalue weighted by Crippen LogP contribution is -2.28. The number of nitro benzene ring substituents is 1. The topological polar surface area (TPSA) is 115 Å². The van der Waals surface area contributed by atoms with Gasteiger partial charge >= 0.3 is 5.97 Å². The fourth-order valence-corrected chi connectivity index (χ4v) is 2.73. The molecule has 0 saturated heterocycles. The minimum absolute atomic E-state index is 0.0949. The highest BCUT2D eigenvalue weighted by Gasteiger charge is 2.30. The minimum Gasteiger partial charge on any atom is -0.480 e. The van der Waals surface area contributed by atoms with Crippen molar-refractivity contribution in [3.63, 3.8) is 0 Å². The van der Waals surface area contributed by atoms with E-state index in [1.807, 2.05) is 0 Å². The molecule has 0 saturated carbocycles. The van der Waals surface area contributed by atoms with Crippen LogP contribution in [-0.2, 0) is 20.4 Å². The predicted molar refractivity (Wildman–Crippen MR) is 67.8 cm³/mol. The third-order valence-corrected chi connectivity index (χ3v) is 4.71. The van der Waals surface area contributed by atoms with Crippen molar-refractivity contribution in [1.82, 2.24) is 0 Å². The van der Waals surface area contributed by atoms with Crippen molar-refractivity contribution < 1.29 is 23.2 Å². The van der Waals surface area contributed by atoms with Gasteiger partial charge in [-0.2, -0.15) is 0 Å². The van der Waals surface area contributed by atoms with Gasteiger partial charge in [0.05, 0.1) is 10.7 Å². The molecule has 1 aromatic carbocycles. The van der Waals surface area contributed by atoms with Gasteiger partial charge in [0.25, 0.3) is 5.69 Å². The maximum absolute atomic E-state index is 11.8. The van der Waals surface area contributed by atoms with E-state index < -0.39 is 37.4 Å². The van der Waals surface area contributed by atoms with E-state index in [9.17, 15) is 23.3 Å². The molecule has 104 valence electrons. The van der Waals surface area contributed by atoms with Crippen LogP contribution in [0.3, 0.4) is 0 Å². The van der Waals surface area contributed by atoms with Crippen LogP contribution in [0.15, 0.2) is 18.2 Å². The van der Waals surface area contributed by atoms with Crippen LogP contribution < -0.4 is 0 Å². The van der Waals surface area contributed by atoms with Crippen molar-refractivity contribution >= 4 is 33.1 Å². The van der Waals surface area contributed by atoms with Crippen LogP contribution in [0.4, 0.5) is 5.69 Å². The summed E-state index contributed by atoms with van der Waals surface area (Å²) in [6, 6.07) is 3.54. The second kappa shape index (κ2) is 5.54. The maximum Gasteiger partial charge on any atom is 0.321 e. The van der Waals surface area contributed by atoms with Gasteiger partial charge in [-0.05, 0) is 19.1 Å². The molecule has 0 fully saturated rings. The first-order chi connectivity index (χ1) is 8.65. The van der Waals surface area contributed by atoms with E-state index in [4.69, 9.17) is 16.7 Å². The third-order valence-electron chi connectivity index (χ3n) is 2.49. The largest absolute Gasteiger partial charge is 0.480 e. The second-order valence-corrected chi connectivity index (χ2v) is 6.58. The number of nitrogens with zero attached hydrogens (tertiary/aromatic N) is 1. The summed E-state index contributed by atoms with van der Waals surface area (Å²) < 4.78 is 23.5. The van der Waals surface area contributed by atoms with Crippen LogP contribution in [0.1, 0.15) is 12.5 Å². The first-order valence-electron chi connectivity index (χ1n) is 5.02. The average molecular weight is 308 g/mol. The first kappa shape index (κ1) is 15.4. The molecule has 7 nitrogen and oxygen atoms in total. The number of aliphatic carboxylic acids is 1. The van der Waals surface area contributed by atoms with Crippen LogP contribution in [0.2, 0.25) is 5.02 Å². The molecule has 0 heterocycles. The molecule has 1 atom stereocenters. The lowest BCUT2D eigenvalue weighted by molar-refractivity contribution is -0.385. The summed E-state index contributed by atoms with van der Waals surface area (Å²) >= 11 is 5.60. The van der Waals surface area contributed by atoms with Crippen molar-refractivity contribution in [2.75, 3.05) is 0 Å². The number of rotatable bonds is 5. The SMILES string of the molecule is CC(C(=O)O)S(=O)(=O)Cc1ccc(Cl)cc1[N+](=O)[O-]. The number of hydrogen-bond donors (Lipinski definition) is 1. The Morgan fingerprint density at radius 1 is 1.53 bits per heavy atom. The van der Waals surface area contributed by atoms with Crippen molar-refractivity contribution in [1.29, 1.82) is 0 Å². The lowest BCUT2D eigenvalue weighted by atomic mass is 10.2. The van der Waals surface area contributed by atoms with Gasteiger partial charge in [-0.3, -0.25) is 14.9 Å². The predicted octanol–water partition coefficient (Wildman–Crippen LogP) is 1.64. The summed E-state index contributed by atoms with van der Waals surface area (Å²) in [5.74, 6) is -2.23. The number of benzene rings is 1. The van der Waals surface area contributed by atoms with Gasteiger partial charge in [0.1, 0.15) is 0 Å². The van der Waals surface area contributed by atoms with Crippen LogP contribution in [0.5, 0.6) is 0 Å². The Bertz CT molecular complexity index is 627. The Labute approximate surface area is 113 Å². The maximum atomic E-state index is 11.8. The molecule has 0 amide bonds.